The predicted octanol–water partition coefficient (Wildman–Crippen LogP) is 4.47. The number of nitrogens with two attached hydrogens (primary N) is 1. The van der Waals surface area contributed by atoms with Crippen LogP contribution in [0.5, 0.6) is 0 Å². The minimum atomic E-state index is -1.26. The first-order valence-corrected chi connectivity index (χ1v) is 15.6. The number of benzene rings is 3. The van der Waals surface area contributed by atoms with Crippen molar-refractivity contribution < 1.29 is 33.3 Å². The van der Waals surface area contributed by atoms with Crippen LogP contribution in [0, 0.1) is 0 Å². The number of esters is 3. The lowest BCUT2D eigenvalue weighted by Gasteiger charge is -2.25. The summed E-state index contributed by atoms with van der Waals surface area (Å²) in [6.45, 7) is -0.341. The van der Waals surface area contributed by atoms with Crippen LogP contribution >= 0.6 is 15.9 Å². The Morgan fingerprint density at radius 1 is 0.812 bits per heavy atom. The number of anilines is 1. The summed E-state index contributed by atoms with van der Waals surface area (Å²) in [6, 6.07) is 25.2. The van der Waals surface area contributed by atoms with Crippen LogP contribution in [0.4, 0.5) is 5.82 Å². The summed E-state index contributed by atoms with van der Waals surface area (Å²) in [5.74, 6) is -1.32. The van der Waals surface area contributed by atoms with E-state index in [1.165, 1.54) is 11.3 Å². The molecule has 0 aliphatic carbocycles. The molecule has 3 aromatic carbocycles. The number of hydrazone groups is 1. The number of hydrogen-bond acceptors (Lipinski definition) is 12. The molecular formula is C34H27BrN6O7. The van der Waals surface area contributed by atoms with Gasteiger partial charge in [-0.2, -0.15) is 5.10 Å². The van der Waals surface area contributed by atoms with E-state index in [9.17, 15) is 14.4 Å². The fraction of sp³-hybridized carbons (Fsp3) is 0.176. The molecule has 1 fully saturated rings. The van der Waals surface area contributed by atoms with Crippen molar-refractivity contribution in [1.29, 1.82) is 0 Å². The van der Waals surface area contributed by atoms with Crippen molar-refractivity contribution in [1.82, 2.24) is 14.5 Å². The van der Waals surface area contributed by atoms with Gasteiger partial charge in [-0.15, -0.1) is 0 Å². The van der Waals surface area contributed by atoms with E-state index < -0.39 is 42.4 Å². The third-order valence-corrected chi connectivity index (χ3v) is 8.74. The predicted molar refractivity (Wildman–Crippen MR) is 176 cm³/mol. The molecule has 4 heterocycles. The molecule has 2 aliphatic rings. The first-order chi connectivity index (χ1) is 23.3. The maximum atomic E-state index is 13.6. The van der Waals surface area contributed by atoms with Crippen molar-refractivity contribution >= 4 is 56.5 Å². The Hall–Kier alpha value is -5.60. The summed E-state index contributed by atoms with van der Waals surface area (Å²) in [7, 11) is 1.70. The fourth-order valence-corrected chi connectivity index (χ4v) is 6.50. The molecule has 14 heteroatoms. The van der Waals surface area contributed by atoms with Gasteiger partial charge in [0.1, 0.15) is 29.3 Å². The van der Waals surface area contributed by atoms with Gasteiger partial charge in [-0.25, -0.2) is 29.4 Å². The largest absolute Gasteiger partial charge is 0.459 e. The van der Waals surface area contributed by atoms with E-state index in [-0.39, 0.29) is 23.6 Å². The molecule has 13 nitrogen and oxygen atoms in total. The molecule has 0 radical (unpaired) electrons. The van der Waals surface area contributed by atoms with Crippen molar-refractivity contribution in [3.63, 3.8) is 0 Å². The first-order valence-electron chi connectivity index (χ1n) is 14.8. The molecule has 0 bridgehead atoms. The lowest BCUT2D eigenvalue weighted by atomic mass is 10.1. The molecule has 2 N–H and O–H groups in total. The van der Waals surface area contributed by atoms with E-state index in [2.05, 4.69) is 31.0 Å². The molecule has 242 valence electrons. The summed E-state index contributed by atoms with van der Waals surface area (Å²) in [6.07, 6.45) is -3.38. The Morgan fingerprint density at radius 2 is 1.35 bits per heavy atom. The molecule has 7 rings (SSSR count). The van der Waals surface area contributed by atoms with Gasteiger partial charge in [-0.1, -0.05) is 54.6 Å². The summed E-state index contributed by atoms with van der Waals surface area (Å²) in [5, 5.41) is 6.48. The topological polar surface area (TPSA) is 160 Å². The zero-order chi connectivity index (χ0) is 33.4. The Labute approximate surface area is 282 Å². The highest BCUT2D eigenvalue weighted by atomic mass is 79.9. The number of amidine groups is 1. The molecule has 5 aromatic rings. The lowest BCUT2D eigenvalue weighted by Crippen LogP contribution is -2.41. The number of carbonyl (C=O) groups is 3. The summed E-state index contributed by atoms with van der Waals surface area (Å²) in [4.78, 5) is 49.0. The van der Waals surface area contributed by atoms with Crippen molar-refractivity contribution in [3.8, 4) is 0 Å². The van der Waals surface area contributed by atoms with Crippen LogP contribution in [-0.2, 0) is 18.9 Å². The number of ether oxygens (including phenoxy) is 4. The number of halogens is 1. The Kier molecular flexibility index (Phi) is 8.33. The van der Waals surface area contributed by atoms with E-state index in [0.29, 0.717) is 32.6 Å². The average Bonchev–Trinajstić information content (AvgIpc) is 3.60. The van der Waals surface area contributed by atoms with Gasteiger partial charge >= 0.3 is 17.9 Å². The molecule has 0 unspecified atom stereocenters. The quantitative estimate of drug-likeness (QED) is 0.179. The average molecular weight is 712 g/mol. The second-order valence-corrected chi connectivity index (χ2v) is 11.7. The fourth-order valence-electron chi connectivity index (χ4n) is 5.73. The summed E-state index contributed by atoms with van der Waals surface area (Å²) in [5.41, 5.74) is 8.12. The molecule has 0 saturated carbocycles. The molecule has 48 heavy (non-hydrogen) atoms. The zero-order valence-electron chi connectivity index (χ0n) is 25.3. The number of aromatic nitrogens is 3. The van der Waals surface area contributed by atoms with Crippen molar-refractivity contribution in [2.24, 2.45) is 10.8 Å². The van der Waals surface area contributed by atoms with Crippen LogP contribution in [-0.4, -0.2) is 70.2 Å². The highest BCUT2D eigenvalue weighted by Crippen LogP contribution is 2.44. The van der Waals surface area contributed by atoms with E-state index in [1.54, 1.807) is 103 Å². The van der Waals surface area contributed by atoms with Gasteiger partial charge in [-0.3, -0.25) is 4.57 Å². The van der Waals surface area contributed by atoms with Crippen molar-refractivity contribution in [2.75, 3.05) is 18.7 Å². The Bertz CT molecular complexity index is 2040. The molecule has 1 saturated heterocycles. The SMILES string of the molecule is CN1N=C(N)c2c(Br)n([C@@H]3O[C@H](COC(=O)c4ccccc4)[C@@H](OC(=O)c4ccccc4)[C@H]3OC(=O)c3ccccc3)c3ncnc1c23. The van der Waals surface area contributed by atoms with Crippen molar-refractivity contribution in [2.45, 2.75) is 24.5 Å². The minimum absolute atomic E-state index is 0.187. The number of carbonyl (C=O) groups excluding carboxylic acids is 3. The minimum Gasteiger partial charge on any atom is -0.459 e. The monoisotopic (exact) mass is 710 g/mol. The van der Waals surface area contributed by atoms with Gasteiger partial charge in [0.05, 0.1) is 27.6 Å². The zero-order valence-corrected chi connectivity index (χ0v) is 26.9. The van der Waals surface area contributed by atoms with Crippen LogP contribution in [0.25, 0.3) is 11.0 Å². The summed E-state index contributed by atoms with van der Waals surface area (Å²) >= 11 is 3.65. The van der Waals surface area contributed by atoms with E-state index in [0.717, 1.165) is 0 Å². The molecule has 2 aliphatic heterocycles. The number of rotatable bonds is 8. The van der Waals surface area contributed by atoms with Gasteiger partial charge in [0.2, 0.25) is 0 Å². The molecule has 4 atom stereocenters. The van der Waals surface area contributed by atoms with Crippen LogP contribution in [0.2, 0.25) is 0 Å². The van der Waals surface area contributed by atoms with Crippen LogP contribution in [0.3, 0.4) is 0 Å². The van der Waals surface area contributed by atoms with Gasteiger partial charge < -0.3 is 24.7 Å². The van der Waals surface area contributed by atoms with E-state index in [1.807, 2.05) is 0 Å². The molecule has 0 amide bonds. The van der Waals surface area contributed by atoms with E-state index >= 15 is 0 Å². The Balaban J connectivity index is 1.33. The second-order valence-electron chi connectivity index (χ2n) is 10.9. The standard InChI is InChI=1S/C34H27BrN6O7/c1-40-29-24-23(28(36)39-40)27(35)41(30(24)38-18-37-29)31-26(48-34(44)21-15-9-4-10-16-21)25(47-33(43)20-13-7-3-8-14-20)22(46-31)17-45-32(42)19-11-5-2-6-12-19/h2-16,18,22,25-26,31H,17H2,1H3,(H2,36,39)/t22-,25-,26-,31-/m1/s1. The molecule has 2 aromatic heterocycles. The Morgan fingerprint density at radius 3 is 1.94 bits per heavy atom. The highest BCUT2D eigenvalue weighted by molar-refractivity contribution is 9.10. The first kappa shape index (κ1) is 31.0. The third kappa shape index (κ3) is 5.65. The van der Waals surface area contributed by atoms with Gasteiger partial charge in [0.15, 0.2) is 30.1 Å². The maximum absolute atomic E-state index is 13.6. The van der Waals surface area contributed by atoms with Crippen molar-refractivity contribution in [3.05, 3.63) is 124 Å². The van der Waals surface area contributed by atoms with Gasteiger partial charge in [0.25, 0.3) is 0 Å². The highest BCUT2D eigenvalue weighted by Gasteiger charge is 2.52. The van der Waals surface area contributed by atoms with Crippen LogP contribution in [0.1, 0.15) is 42.9 Å². The van der Waals surface area contributed by atoms with Crippen LogP contribution < -0.4 is 10.7 Å². The lowest BCUT2D eigenvalue weighted by molar-refractivity contribution is -0.0612. The number of nitrogens with zero attached hydrogens (tertiary/aromatic N) is 5. The van der Waals surface area contributed by atoms with E-state index in [4.69, 9.17) is 24.7 Å². The summed E-state index contributed by atoms with van der Waals surface area (Å²) < 4.78 is 26.5. The molecule has 0 spiro atoms. The number of hydrogen-bond donors (Lipinski definition) is 1. The maximum Gasteiger partial charge on any atom is 0.338 e. The normalized spacial score (nSPS) is 19.9. The van der Waals surface area contributed by atoms with Gasteiger partial charge in [-0.05, 0) is 52.3 Å². The third-order valence-electron chi connectivity index (χ3n) is 7.96. The van der Waals surface area contributed by atoms with Gasteiger partial charge in [0, 0.05) is 7.05 Å². The van der Waals surface area contributed by atoms with Crippen LogP contribution in [0.15, 0.2) is 107 Å². The second kappa shape index (κ2) is 12.9. The molecular weight excluding hydrogens is 684 g/mol. The smallest absolute Gasteiger partial charge is 0.338 e.